The maximum atomic E-state index is 11.8. The molecule has 0 saturated carbocycles. The van der Waals surface area contributed by atoms with Gasteiger partial charge in [0.05, 0.1) is 12.2 Å². The SMILES string of the molecule is CC(=O)c1ncc(NC(C(C)=O)C(C)C)nc1Nc1ccc(C)cc1. The number of aromatic nitrogens is 2. The Labute approximate surface area is 148 Å². The van der Waals surface area contributed by atoms with Gasteiger partial charge in [-0.25, -0.2) is 9.97 Å². The number of carbonyl (C=O) groups excluding carboxylic acids is 2. The van der Waals surface area contributed by atoms with Crippen LogP contribution in [0.2, 0.25) is 0 Å². The van der Waals surface area contributed by atoms with Gasteiger partial charge in [-0.2, -0.15) is 0 Å². The quantitative estimate of drug-likeness (QED) is 0.747. The topological polar surface area (TPSA) is 84.0 Å². The van der Waals surface area contributed by atoms with Crippen LogP contribution in [-0.2, 0) is 4.79 Å². The van der Waals surface area contributed by atoms with Crippen molar-refractivity contribution in [1.82, 2.24) is 9.97 Å². The Kier molecular flexibility index (Phi) is 5.85. The van der Waals surface area contributed by atoms with E-state index >= 15 is 0 Å². The van der Waals surface area contributed by atoms with Gasteiger partial charge >= 0.3 is 0 Å². The molecule has 2 rings (SSSR count). The summed E-state index contributed by atoms with van der Waals surface area (Å²) in [5, 5.41) is 6.24. The number of Topliss-reactive ketones (excluding diaryl/α,β-unsaturated/α-hetero) is 2. The Hall–Kier alpha value is -2.76. The Morgan fingerprint density at radius 2 is 1.72 bits per heavy atom. The van der Waals surface area contributed by atoms with Crippen LogP contribution in [0.5, 0.6) is 0 Å². The molecule has 1 aromatic heterocycles. The maximum absolute atomic E-state index is 11.8. The van der Waals surface area contributed by atoms with Crippen LogP contribution in [0.4, 0.5) is 17.3 Å². The molecule has 0 bridgehead atoms. The Morgan fingerprint density at radius 1 is 1.08 bits per heavy atom. The van der Waals surface area contributed by atoms with Gasteiger partial charge in [-0.3, -0.25) is 9.59 Å². The summed E-state index contributed by atoms with van der Waals surface area (Å²) in [5.74, 6) is 0.780. The molecule has 0 fully saturated rings. The lowest BCUT2D eigenvalue weighted by atomic mass is 10.0. The standard InChI is InChI=1S/C19H24N4O2/c1-11(2)17(13(4)24)22-16-10-20-18(14(5)25)19(23-16)21-15-8-6-12(3)7-9-15/h6-11,17H,1-5H3,(H2,21,22,23). The summed E-state index contributed by atoms with van der Waals surface area (Å²) < 4.78 is 0. The summed E-state index contributed by atoms with van der Waals surface area (Å²) in [6.07, 6.45) is 1.48. The lowest BCUT2D eigenvalue weighted by Crippen LogP contribution is -2.33. The van der Waals surface area contributed by atoms with Gasteiger partial charge in [0.25, 0.3) is 0 Å². The molecule has 132 valence electrons. The van der Waals surface area contributed by atoms with Crippen LogP contribution in [0.15, 0.2) is 30.5 Å². The maximum Gasteiger partial charge on any atom is 0.181 e. The minimum Gasteiger partial charge on any atom is -0.359 e. The van der Waals surface area contributed by atoms with E-state index in [4.69, 9.17) is 0 Å². The van der Waals surface area contributed by atoms with E-state index in [1.807, 2.05) is 45.0 Å². The summed E-state index contributed by atoms with van der Waals surface area (Å²) in [4.78, 5) is 32.3. The van der Waals surface area contributed by atoms with Crippen LogP contribution < -0.4 is 10.6 Å². The van der Waals surface area contributed by atoms with E-state index in [2.05, 4.69) is 20.6 Å². The fraction of sp³-hybridized carbons (Fsp3) is 0.368. The number of hydrogen-bond acceptors (Lipinski definition) is 6. The molecule has 0 aliphatic rings. The van der Waals surface area contributed by atoms with E-state index in [1.54, 1.807) is 6.92 Å². The van der Waals surface area contributed by atoms with E-state index in [0.717, 1.165) is 11.3 Å². The van der Waals surface area contributed by atoms with Crippen molar-refractivity contribution in [3.05, 3.63) is 41.7 Å². The van der Waals surface area contributed by atoms with Gasteiger partial charge in [0, 0.05) is 12.6 Å². The van der Waals surface area contributed by atoms with Crippen LogP contribution >= 0.6 is 0 Å². The van der Waals surface area contributed by atoms with Crippen LogP contribution in [0.1, 0.15) is 43.7 Å². The van der Waals surface area contributed by atoms with Crippen molar-refractivity contribution in [2.24, 2.45) is 5.92 Å². The minimum atomic E-state index is -0.357. The van der Waals surface area contributed by atoms with Crippen LogP contribution in [0.25, 0.3) is 0 Å². The van der Waals surface area contributed by atoms with Crippen molar-refractivity contribution in [3.8, 4) is 0 Å². The molecule has 0 saturated heterocycles. The molecule has 6 heteroatoms. The fourth-order valence-electron chi connectivity index (χ4n) is 2.47. The molecule has 6 nitrogen and oxygen atoms in total. The zero-order valence-corrected chi connectivity index (χ0v) is 15.3. The molecule has 25 heavy (non-hydrogen) atoms. The summed E-state index contributed by atoms with van der Waals surface area (Å²) >= 11 is 0. The average molecular weight is 340 g/mol. The first kappa shape index (κ1) is 18.6. The summed E-state index contributed by atoms with van der Waals surface area (Å²) in [7, 11) is 0. The predicted octanol–water partition coefficient (Wildman–Crippen LogP) is 3.76. The third-order valence-corrected chi connectivity index (χ3v) is 3.83. The van der Waals surface area contributed by atoms with Crippen molar-refractivity contribution in [3.63, 3.8) is 0 Å². The number of nitrogens with one attached hydrogen (secondary N) is 2. The van der Waals surface area contributed by atoms with Gasteiger partial charge in [0.2, 0.25) is 0 Å². The average Bonchev–Trinajstić information content (AvgIpc) is 2.54. The number of anilines is 3. The summed E-state index contributed by atoms with van der Waals surface area (Å²) in [6, 6.07) is 7.40. The first-order valence-electron chi connectivity index (χ1n) is 8.26. The highest BCUT2D eigenvalue weighted by molar-refractivity contribution is 5.97. The zero-order valence-electron chi connectivity index (χ0n) is 15.3. The lowest BCUT2D eigenvalue weighted by Gasteiger charge is -2.20. The third kappa shape index (κ3) is 4.86. The van der Waals surface area contributed by atoms with Gasteiger partial charge in [-0.1, -0.05) is 31.5 Å². The second kappa shape index (κ2) is 7.88. The molecule has 1 atom stereocenters. The molecule has 1 unspecified atom stereocenters. The van der Waals surface area contributed by atoms with Crippen LogP contribution in [0, 0.1) is 12.8 Å². The zero-order chi connectivity index (χ0) is 18.6. The second-order valence-electron chi connectivity index (χ2n) is 6.48. The van der Waals surface area contributed by atoms with Gasteiger partial charge in [-0.15, -0.1) is 0 Å². The fourth-order valence-corrected chi connectivity index (χ4v) is 2.47. The van der Waals surface area contributed by atoms with Gasteiger partial charge in [0.1, 0.15) is 11.5 Å². The molecule has 2 aromatic rings. The molecule has 0 aliphatic carbocycles. The molecular formula is C19H24N4O2. The number of benzene rings is 1. The number of nitrogens with zero attached hydrogens (tertiary/aromatic N) is 2. The van der Waals surface area contributed by atoms with Crippen LogP contribution in [0.3, 0.4) is 0 Å². The summed E-state index contributed by atoms with van der Waals surface area (Å²) in [6.45, 7) is 8.91. The van der Waals surface area contributed by atoms with E-state index in [-0.39, 0.29) is 29.2 Å². The first-order valence-corrected chi connectivity index (χ1v) is 8.26. The van der Waals surface area contributed by atoms with Crippen molar-refractivity contribution < 1.29 is 9.59 Å². The molecule has 0 amide bonds. The molecule has 2 N–H and O–H groups in total. The lowest BCUT2D eigenvalue weighted by molar-refractivity contribution is -0.118. The van der Waals surface area contributed by atoms with Crippen molar-refractivity contribution in [2.75, 3.05) is 10.6 Å². The van der Waals surface area contributed by atoms with Crippen molar-refractivity contribution in [1.29, 1.82) is 0 Å². The van der Waals surface area contributed by atoms with Gasteiger partial charge < -0.3 is 10.6 Å². The second-order valence-corrected chi connectivity index (χ2v) is 6.48. The summed E-state index contributed by atoms with van der Waals surface area (Å²) in [5.41, 5.74) is 2.21. The van der Waals surface area contributed by atoms with E-state index in [9.17, 15) is 9.59 Å². The Morgan fingerprint density at radius 3 is 2.24 bits per heavy atom. The highest BCUT2D eigenvalue weighted by Gasteiger charge is 2.20. The van der Waals surface area contributed by atoms with Gasteiger partial charge in [0.15, 0.2) is 17.4 Å². The number of aryl methyl sites for hydroxylation is 1. The molecule has 1 aromatic carbocycles. The van der Waals surface area contributed by atoms with Gasteiger partial charge in [-0.05, 0) is 31.9 Å². The monoisotopic (exact) mass is 340 g/mol. The molecule has 0 radical (unpaired) electrons. The van der Waals surface area contributed by atoms with Crippen molar-refractivity contribution >= 4 is 28.9 Å². The van der Waals surface area contributed by atoms with E-state index in [1.165, 1.54) is 13.1 Å². The van der Waals surface area contributed by atoms with Crippen LogP contribution in [-0.4, -0.2) is 27.6 Å². The van der Waals surface area contributed by atoms with E-state index in [0.29, 0.717) is 11.6 Å². The molecular weight excluding hydrogens is 316 g/mol. The Balaban J connectivity index is 2.34. The van der Waals surface area contributed by atoms with Crippen molar-refractivity contribution in [2.45, 2.75) is 40.7 Å². The highest BCUT2D eigenvalue weighted by atomic mass is 16.1. The molecule has 1 heterocycles. The normalized spacial score (nSPS) is 11.9. The minimum absolute atomic E-state index is 0.0282. The first-order chi connectivity index (χ1) is 11.8. The number of rotatable bonds is 7. The van der Waals surface area contributed by atoms with E-state index < -0.39 is 0 Å². The number of hydrogen-bond donors (Lipinski definition) is 2. The predicted molar refractivity (Wildman–Crippen MR) is 99.4 cm³/mol. The largest absolute Gasteiger partial charge is 0.359 e. The number of carbonyl (C=O) groups is 2. The molecule has 0 aliphatic heterocycles. The smallest absolute Gasteiger partial charge is 0.181 e. The highest BCUT2D eigenvalue weighted by Crippen LogP contribution is 2.21. The third-order valence-electron chi connectivity index (χ3n) is 3.83. The number of ketones is 2. The molecule has 0 spiro atoms. The Bertz CT molecular complexity index is 769.